The van der Waals surface area contributed by atoms with Crippen molar-refractivity contribution < 1.29 is 4.74 Å². The maximum Gasteiger partial charge on any atom is 0.191 e. The second kappa shape index (κ2) is 8.32. The summed E-state index contributed by atoms with van der Waals surface area (Å²) in [6, 6.07) is 8.12. The van der Waals surface area contributed by atoms with Gasteiger partial charge in [0.2, 0.25) is 0 Å². The largest absolute Gasteiger partial charge is 0.492 e. The summed E-state index contributed by atoms with van der Waals surface area (Å²) in [4.78, 5) is 4.27. The maximum atomic E-state index is 5.70. The fourth-order valence-corrected chi connectivity index (χ4v) is 3.68. The Kier molecular flexibility index (Phi) is 6.43. The molecule has 0 amide bonds. The number of rotatable bonds is 6. The summed E-state index contributed by atoms with van der Waals surface area (Å²) in [5.74, 6) is 3.03. The highest BCUT2D eigenvalue weighted by molar-refractivity contribution is 8.00. The van der Waals surface area contributed by atoms with Crippen LogP contribution in [0.1, 0.15) is 25.3 Å². The van der Waals surface area contributed by atoms with Crippen LogP contribution in [0.25, 0.3) is 0 Å². The lowest BCUT2D eigenvalue weighted by molar-refractivity contribution is 0.322. The lowest BCUT2D eigenvalue weighted by atomic mass is 10.1. The summed E-state index contributed by atoms with van der Waals surface area (Å²) in [6.07, 6.45) is 2.59. The van der Waals surface area contributed by atoms with Gasteiger partial charge in [0.05, 0.1) is 6.54 Å². The van der Waals surface area contributed by atoms with E-state index in [-0.39, 0.29) is 0 Å². The van der Waals surface area contributed by atoms with Crippen molar-refractivity contribution in [1.29, 1.82) is 0 Å². The van der Waals surface area contributed by atoms with Gasteiger partial charge in [-0.05, 0) is 44.6 Å². The van der Waals surface area contributed by atoms with Gasteiger partial charge in [0.25, 0.3) is 0 Å². The molecule has 1 aliphatic heterocycles. The third-order valence-corrected chi connectivity index (χ3v) is 5.38. The van der Waals surface area contributed by atoms with Gasteiger partial charge in [0.1, 0.15) is 12.4 Å². The Bertz CT molecular complexity index is 481. The van der Waals surface area contributed by atoms with Crippen molar-refractivity contribution in [2.24, 2.45) is 4.99 Å². The van der Waals surface area contributed by atoms with E-state index in [4.69, 9.17) is 4.74 Å². The molecule has 2 rings (SSSR count). The first-order valence-electron chi connectivity index (χ1n) is 7.89. The molecule has 1 aromatic rings. The Morgan fingerprint density at radius 3 is 2.73 bits per heavy atom. The van der Waals surface area contributed by atoms with Crippen LogP contribution in [0, 0.1) is 6.92 Å². The summed E-state index contributed by atoms with van der Waals surface area (Å²) in [6.45, 7) is 6.71. The van der Waals surface area contributed by atoms with Crippen molar-refractivity contribution in [3.63, 3.8) is 0 Å². The molecule has 1 aromatic carbocycles. The average Bonchev–Trinajstić information content (AvgIpc) is 2.95. The summed E-state index contributed by atoms with van der Waals surface area (Å²) < 4.78 is 6.05. The molecule has 1 heterocycles. The first-order valence-corrected chi connectivity index (χ1v) is 8.88. The Morgan fingerprint density at radius 2 is 2.09 bits per heavy atom. The van der Waals surface area contributed by atoms with E-state index in [1.54, 1.807) is 7.05 Å². The number of aliphatic imine (C=N–C) groups is 1. The summed E-state index contributed by atoms with van der Waals surface area (Å²) in [5, 5.41) is 6.72. The standard InChI is InChI=1S/C17H27N3OS/c1-14-5-7-15(8-6-14)21-11-10-19-16(18-3)20-13-17(2)9-4-12-22-17/h5-8H,4,9-13H2,1-3H3,(H2,18,19,20). The lowest BCUT2D eigenvalue weighted by Crippen LogP contribution is -2.44. The molecule has 4 nitrogen and oxygen atoms in total. The van der Waals surface area contributed by atoms with Crippen LogP contribution in [-0.2, 0) is 0 Å². The molecule has 1 saturated heterocycles. The zero-order valence-corrected chi connectivity index (χ0v) is 14.6. The van der Waals surface area contributed by atoms with Gasteiger partial charge < -0.3 is 15.4 Å². The fraction of sp³-hybridized carbons (Fsp3) is 0.588. The zero-order chi connectivity index (χ0) is 15.8. The van der Waals surface area contributed by atoms with Gasteiger partial charge in [-0.25, -0.2) is 0 Å². The van der Waals surface area contributed by atoms with Crippen LogP contribution in [0.3, 0.4) is 0 Å². The van der Waals surface area contributed by atoms with E-state index in [2.05, 4.69) is 53.4 Å². The number of nitrogens with one attached hydrogen (secondary N) is 2. The zero-order valence-electron chi connectivity index (χ0n) is 13.8. The minimum atomic E-state index is 0.343. The van der Waals surface area contributed by atoms with Crippen LogP contribution in [0.15, 0.2) is 29.3 Å². The number of guanidine groups is 1. The monoisotopic (exact) mass is 321 g/mol. The second-order valence-electron chi connectivity index (χ2n) is 5.92. The number of nitrogens with zero attached hydrogens (tertiary/aromatic N) is 1. The molecule has 0 aliphatic carbocycles. The fourth-order valence-electron chi connectivity index (χ4n) is 2.44. The van der Waals surface area contributed by atoms with E-state index in [1.165, 1.54) is 24.2 Å². The number of aryl methyl sites for hydroxylation is 1. The summed E-state index contributed by atoms with van der Waals surface area (Å²) in [7, 11) is 1.81. The SMILES string of the molecule is CN=C(NCCOc1ccc(C)cc1)NCC1(C)CCCS1. The van der Waals surface area contributed by atoms with Crippen LogP contribution in [0.2, 0.25) is 0 Å². The minimum absolute atomic E-state index is 0.343. The number of hydrogen-bond donors (Lipinski definition) is 2. The van der Waals surface area contributed by atoms with Gasteiger partial charge >= 0.3 is 0 Å². The molecule has 5 heteroatoms. The molecule has 0 saturated carbocycles. The molecule has 2 N–H and O–H groups in total. The van der Waals surface area contributed by atoms with E-state index in [9.17, 15) is 0 Å². The van der Waals surface area contributed by atoms with Gasteiger partial charge in [-0.15, -0.1) is 0 Å². The Balaban J connectivity index is 1.65. The van der Waals surface area contributed by atoms with E-state index < -0.39 is 0 Å². The van der Waals surface area contributed by atoms with E-state index in [0.717, 1.165) is 24.8 Å². The van der Waals surface area contributed by atoms with Gasteiger partial charge in [0.15, 0.2) is 5.96 Å². The highest BCUT2D eigenvalue weighted by Crippen LogP contribution is 2.36. The first kappa shape index (κ1) is 17.0. The topological polar surface area (TPSA) is 45.7 Å². The molecule has 1 unspecified atom stereocenters. The number of ether oxygens (including phenoxy) is 1. The van der Waals surface area contributed by atoms with Crippen LogP contribution in [0.5, 0.6) is 5.75 Å². The van der Waals surface area contributed by atoms with Crippen LogP contribution in [0.4, 0.5) is 0 Å². The highest BCUT2D eigenvalue weighted by atomic mass is 32.2. The third kappa shape index (κ3) is 5.44. The summed E-state index contributed by atoms with van der Waals surface area (Å²) in [5.41, 5.74) is 1.24. The quantitative estimate of drug-likeness (QED) is 0.480. The number of hydrogen-bond acceptors (Lipinski definition) is 3. The molecule has 0 bridgehead atoms. The molecule has 1 aliphatic rings. The molecule has 22 heavy (non-hydrogen) atoms. The molecule has 122 valence electrons. The molecule has 1 fully saturated rings. The predicted octanol–water partition coefficient (Wildman–Crippen LogP) is 2.82. The lowest BCUT2D eigenvalue weighted by Gasteiger charge is -2.24. The molecular weight excluding hydrogens is 294 g/mol. The third-order valence-electron chi connectivity index (χ3n) is 3.84. The van der Waals surface area contributed by atoms with Crippen molar-refractivity contribution in [2.75, 3.05) is 32.5 Å². The number of thioether (sulfide) groups is 1. The van der Waals surface area contributed by atoms with Gasteiger partial charge in [-0.2, -0.15) is 11.8 Å². The molecule has 0 spiro atoms. The normalized spacial score (nSPS) is 21.7. The van der Waals surface area contributed by atoms with Crippen molar-refractivity contribution in [3.8, 4) is 5.75 Å². The maximum absolute atomic E-state index is 5.70. The minimum Gasteiger partial charge on any atom is -0.492 e. The second-order valence-corrected chi connectivity index (χ2v) is 7.60. The first-order chi connectivity index (χ1) is 10.6. The van der Waals surface area contributed by atoms with Crippen molar-refractivity contribution in [2.45, 2.75) is 31.4 Å². The average molecular weight is 321 g/mol. The number of benzene rings is 1. The van der Waals surface area contributed by atoms with E-state index in [1.807, 2.05) is 12.1 Å². The Hall–Kier alpha value is -1.36. The van der Waals surface area contributed by atoms with Crippen molar-refractivity contribution in [3.05, 3.63) is 29.8 Å². The van der Waals surface area contributed by atoms with Crippen molar-refractivity contribution in [1.82, 2.24) is 10.6 Å². The highest BCUT2D eigenvalue weighted by Gasteiger charge is 2.29. The Morgan fingerprint density at radius 1 is 1.32 bits per heavy atom. The predicted molar refractivity (Wildman–Crippen MR) is 96.1 cm³/mol. The molecule has 1 atom stereocenters. The van der Waals surface area contributed by atoms with E-state index >= 15 is 0 Å². The Labute approximate surface area is 138 Å². The molecular formula is C17H27N3OS. The smallest absolute Gasteiger partial charge is 0.191 e. The summed E-state index contributed by atoms with van der Waals surface area (Å²) >= 11 is 2.05. The molecule has 0 radical (unpaired) electrons. The van der Waals surface area contributed by atoms with Crippen LogP contribution >= 0.6 is 11.8 Å². The van der Waals surface area contributed by atoms with Gasteiger partial charge in [0, 0.05) is 18.3 Å². The van der Waals surface area contributed by atoms with Crippen LogP contribution < -0.4 is 15.4 Å². The van der Waals surface area contributed by atoms with E-state index in [0.29, 0.717) is 11.4 Å². The van der Waals surface area contributed by atoms with Gasteiger partial charge in [-0.1, -0.05) is 17.7 Å². The van der Waals surface area contributed by atoms with Gasteiger partial charge in [-0.3, -0.25) is 4.99 Å². The van der Waals surface area contributed by atoms with Crippen molar-refractivity contribution >= 4 is 17.7 Å². The van der Waals surface area contributed by atoms with Crippen LogP contribution in [-0.4, -0.2) is 43.2 Å². The molecule has 0 aromatic heterocycles.